The highest BCUT2D eigenvalue weighted by atomic mass is 127. The quantitative estimate of drug-likeness (QED) is 0.234. The molecule has 2 N–H and O–H groups in total. The van der Waals surface area contributed by atoms with Gasteiger partial charge in [0.25, 0.3) is 0 Å². The minimum absolute atomic E-state index is 0. The molecule has 2 aliphatic rings. The molecule has 0 spiro atoms. The number of ether oxygens (including phenoxy) is 1. The molecule has 1 aromatic rings. The van der Waals surface area contributed by atoms with E-state index in [-0.39, 0.29) is 24.0 Å². The molecule has 0 aromatic heterocycles. The lowest BCUT2D eigenvalue weighted by Crippen LogP contribution is -2.42. The average Bonchev–Trinajstić information content (AvgIpc) is 3.23. The Labute approximate surface area is 199 Å². The summed E-state index contributed by atoms with van der Waals surface area (Å²) in [6.45, 7) is 8.92. The Bertz CT molecular complexity index is 656. The first-order valence-corrected chi connectivity index (χ1v) is 11.3. The molecule has 2 fully saturated rings. The number of piperidine rings is 1. The summed E-state index contributed by atoms with van der Waals surface area (Å²) in [5, 5.41) is 7.01. The Morgan fingerprint density at radius 1 is 1.20 bits per heavy atom. The van der Waals surface area contributed by atoms with Gasteiger partial charge < -0.3 is 25.2 Å². The second kappa shape index (κ2) is 13.2. The fraction of sp³-hybridized carbons (Fsp3) is 0.696. The van der Waals surface area contributed by atoms with E-state index in [9.17, 15) is 0 Å². The summed E-state index contributed by atoms with van der Waals surface area (Å²) in [7, 11) is 3.58. The van der Waals surface area contributed by atoms with Crippen molar-refractivity contribution in [3.05, 3.63) is 24.3 Å². The smallest absolute Gasteiger partial charge is 0.190 e. The fourth-order valence-electron chi connectivity index (χ4n) is 4.48. The number of halogens is 1. The number of aliphatic imine (C=N–C) groups is 1. The molecule has 0 saturated carbocycles. The van der Waals surface area contributed by atoms with Gasteiger partial charge in [-0.1, -0.05) is 12.5 Å². The molecule has 1 aromatic carbocycles. The maximum Gasteiger partial charge on any atom is 0.190 e. The zero-order valence-corrected chi connectivity index (χ0v) is 21.2. The second-order valence-corrected chi connectivity index (χ2v) is 8.42. The number of hydrogen-bond donors (Lipinski definition) is 2. The van der Waals surface area contributed by atoms with Crippen molar-refractivity contribution in [1.29, 1.82) is 0 Å². The Balaban J connectivity index is 0.00000320. The lowest BCUT2D eigenvalue weighted by Gasteiger charge is -2.33. The Kier molecular flexibility index (Phi) is 11.1. The molecule has 2 aliphatic heterocycles. The van der Waals surface area contributed by atoms with Crippen LogP contribution in [0.15, 0.2) is 29.3 Å². The van der Waals surface area contributed by atoms with Crippen molar-refractivity contribution < 1.29 is 4.74 Å². The zero-order chi connectivity index (χ0) is 20.5. The maximum atomic E-state index is 5.36. The highest BCUT2D eigenvalue weighted by Crippen LogP contribution is 2.26. The first-order chi connectivity index (χ1) is 14.2. The molecule has 170 valence electrons. The van der Waals surface area contributed by atoms with Gasteiger partial charge in [0.2, 0.25) is 0 Å². The number of rotatable bonds is 8. The predicted octanol–water partition coefficient (Wildman–Crippen LogP) is 3.57. The molecular weight excluding hydrogens is 489 g/mol. The molecule has 2 unspecified atom stereocenters. The van der Waals surface area contributed by atoms with E-state index in [0.29, 0.717) is 5.92 Å². The molecule has 0 bridgehead atoms. The number of nitrogens with one attached hydrogen (secondary N) is 2. The van der Waals surface area contributed by atoms with Gasteiger partial charge in [0.15, 0.2) is 5.96 Å². The van der Waals surface area contributed by atoms with Gasteiger partial charge in [0, 0.05) is 57.6 Å². The summed E-state index contributed by atoms with van der Waals surface area (Å²) in [4.78, 5) is 9.48. The third kappa shape index (κ3) is 7.48. The Morgan fingerprint density at radius 2 is 2.07 bits per heavy atom. The Morgan fingerprint density at radius 3 is 2.83 bits per heavy atom. The standard InChI is InChI=1S/C23H39N5O.HI/c1-19-8-4-5-13-27(19)14-7-12-25-23(24-2)26-17-20-11-15-28(18-20)21-9-6-10-22(16-21)29-3;/h6,9-10,16,19-20H,4-5,7-8,11-15,17-18H2,1-3H3,(H2,24,25,26);1H. The molecular formula is C23H40IN5O. The monoisotopic (exact) mass is 529 g/mol. The molecule has 2 atom stereocenters. The van der Waals surface area contributed by atoms with Gasteiger partial charge in [-0.15, -0.1) is 24.0 Å². The van der Waals surface area contributed by atoms with E-state index in [1.54, 1.807) is 7.11 Å². The second-order valence-electron chi connectivity index (χ2n) is 8.42. The molecule has 3 rings (SSSR count). The van der Waals surface area contributed by atoms with E-state index < -0.39 is 0 Å². The number of benzene rings is 1. The van der Waals surface area contributed by atoms with Crippen molar-refractivity contribution >= 4 is 35.6 Å². The van der Waals surface area contributed by atoms with Gasteiger partial charge in [0.05, 0.1) is 7.11 Å². The van der Waals surface area contributed by atoms with Crippen LogP contribution in [0.3, 0.4) is 0 Å². The number of nitrogens with zero attached hydrogens (tertiary/aromatic N) is 3. The first-order valence-electron chi connectivity index (χ1n) is 11.3. The fourth-order valence-corrected chi connectivity index (χ4v) is 4.48. The van der Waals surface area contributed by atoms with E-state index >= 15 is 0 Å². The lowest BCUT2D eigenvalue weighted by atomic mass is 10.0. The minimum atomic E-state index is 0. The van der Waals surface area contributed by atoms with Crippen LogP contribution < -0.4 is 20.3 Å². The van der Waals surface area contributed by atoms with E-state index in [1.165, 1.54) is 44.5 Å². The molecule has 0 aliphatic carbocycles. The maximum absolute atomic E-state index is 5.36. The van der Waals surface area contributed by atoms with Crippen LogP contribution in [0, 0.1) is 5.92 Å². The summed E-state index contributed by atoms with van der Waals surface area (Å²) in [5.74, 6) is 2.48. The molecule has 6 nitrogen and oxygen atoms in total. The first kappa shape index (κ1) is 25.0. The minimum Gasteiger partial charge on any atom is -0.497 e. The topological polar surface area (TPSA) is 52.1 Å². The average molecular weight is 530 g/mol. The van der Waals surface area contributed by atoms with Crippen molar-refractivity contribution in [2.45, 2.75) is 45.1 Å². The molecule has 2 saturated heterocycles. The van der Waals surface area contributed by atoms with Crippen LogP contribution in [-0.4, -0.2) is 70.3 Å². The highest BCUT2D eigenvalue weighted by molar-refractivity contribution is 14.0. The third-order valence-corrected chi connectivity index (χ3v) is 6.34. The summed E-state index contributed by atoms with van der Waals surface area (Å²) >= 11 is 0. The van der Waals surface area contributed by atoms with E-state index in [2.05, 4.69) is 50.5 Å². The van der Waals surface area contributed by atoms with Crippen LogP contribution in [0.1, 0.15) is 39.0 Å². The summed E-state index contributed by atoms with van der Waals surface area (Å²) in [5.41, 5.74) is 1.25. The summed E-state index contributed by atoms with van der Waals surface area (Å²) in [6.07, 6.45) is 6.47. The number of likely N-dealkylation sites (tertiary alicyclic amines) is 1. The molecule has 2 heterocycles. The summed E-state index contributed by atoms with van der Waals surface area (Å²) < 4.78 is 5.36. The molecule has 30 heavy (non-hydrogen) atoms. The van der Waals surface area contributed by atoms with Crippen LogP contribution in [0.5, 0.6) is 5.75 Å². The van der Waals surface area contributed by atoms with Gasteiger partial charge in [-0.05, 0) is 57.2 Å². The van der Waals surface area contributed by atoms with Crippen LogP contribution in [0.4, 0.5) is 5.69 Å². The normalized spacial score (nSPS) is 22.5. The SMILES string of the molecule is CN=C(NCCCN1CCCCC1C)NCC1CCN(c2cccc(OC)c2)C1.I. The van der Waals surface area contributed by atoms with E-state index in [0.717, 1.165) is 50.4 Å². The van der Waals surface area contributed by atoms with Crippen LogP contribution in [-0.2, 0) is 0 Å². The van der Waals surface area contributed by atoms with E-state index in [1.807, 2.05) is 13.1 Å². The predicted molar refractivity (Wildman–Crippen MR) is 138 cm³/mol. The molecule has 7 heteroatoms. The van der Waals surface area contributed by atoms with Crippen LogP contribution in [0.2, 0.25) is 0 Å². The van der Waals surface area contributed by atoms with Gasteiger partial charge in [0.1, 0.15) is 5.75 Å². The van der Waals surface area contributed by atoms with Gasteiger partial charge >= 0.3 is 0 Å². The largest absolute Gasteiger partial charge is 0.497 e. The van der Waals surface area contributed by atoms with E-state index in [4.69, 9.17) is 4.74 Å². The van der Waals surface area contributed by atoms with Gasteiger partial charge in [-0.25, -0.2) is 0 Å². The summed E-state index contributed by atoms with van der Waals surface area (Å²) in [6, 6.07) is 9.11. The molecule has 0 radical (unpaired) electrons. The van der Waals surface area contributed by atoms with Crippen molar-refractivity contribution in [2.24, 2.45) is 10.9 Å². The number of methoxy groups -OCH3 is 1. The lowest BCUT2D eigenvalue weighted by molar-refractivity contribution is 0.159. The zero-order valence-electron chi connectivity index (χ0n) is 18.9. The van der Waals surface area contributed by atoms with Gasteiger partial charge in [-0.3, -0.25) is 4.99 Å². The van der Waals surface area contributed by atoms with Crippen LogP contribution in [0.25, 0.3) is 0 Å². The van der Waals surface area contributed by atoms with Crippen molar-refractivity contribution in [1.82, 2.24) is 15.5 Å². The number of anilines is 1. The van der Waals surface area contributed by atoms with Gasteiger partial charge in [-0.2, -0.15) is 0 Å². The van der Waals surface area contributed by atoms with Crippen LogP contribution >= 0.6 is 24.0 Å². The molecule has 0 amide bonds. The number of guanidine groups is 1. The highest BCUT2D eigenvalue weighted by Gasteiger charge is 2.23. The third-order valence-electron chi connectivity index (χ3n) is 6.34. The van der Waals surface area contributed by atoms with Crippen molar-refractivity contribution in [3.8, 4) is 5.75 Å². The van der Waals surface area contributed by atoms with Crippen molar-refractivity contribution in [2.75, 3.05) is 58.3 Å². The Hall–Kier alpha value is -1.22. The number of hydrogen-bond acceptors (Lipinski definition) is 4. The van der Waals surface area contributed by atoms with Crippen molar-refractivity contribution in [3.63, 3.8) is 0 Å².